The average Bonchev–Trinajstić information content (AvgIpc) is 3.07. The van der Waals surface area contributed by atoms with Crippen molar-refractivity contribution in [3.05, 3.63) is 71.8 Å². The van der Waals surface area contributed by atoms with Gasteiger partial charge in [-0.1, -0.05) is 74.5 Å². The minimum Gasteiger partial charge on any atom is -0.480 e. The Morgan fingerprint density at radius 3 is 1.92 bits per heavy atom. The zero-order chi connectivity index (χ0) is 35.1. The number of urea groups is 1. The van der Waals surface area contributed by atoms with E-state index in [9.17, 15) is 29.1 Å². The molecule has 0 aromatic heterocycles. The fourth-order valence-corrected chi connectivity index (χ4v) is 4.86. The number of hydrogen-bond donors (Lipinski definition) is 7. The Morgan fingerprint density at radius 1 is 0.708 bits per heavy atom. The van der Waals surface area contributed by atoms with Crippen LogP contribution in [-0.2, 0) is 32.1 Å². The van der Waals surface area contributed by atoms with Gasteiger partial charge in [-0.15, -0.1) is 0 Å². The van der Waals surface area contributed by atoms with Crippen LogP contribution in [0.3, 0.4) is 0 Å². The fraction of sp³-hybridized carbons (Fsp3) is 0.514. The maximum atomic E-state index is 13.5. The van der Waals surface area contributed by atoms with Crippen LogP contribution in [0.1, 0.15) is 69.9 Å². The summed E-state index contributed by atoms with van der Waals surface area (Å²) in [5.74, 6) is -2.35. The van der Waals surface area contributed by atoms with Crippen LogP contribution in [-0.4, -0.2) is 72.8 Å². The number of carbonyl (C=O) groups excluding carboxylic acids is 4. The Hall–Kier alpha value is -4.65. The number of aryl methyl sites for hydroxylation is 1. The Bertz CT molecular complexity index is 1260. The SMILES string of the molecule is CC(C)[C@H](NC(=O)[C@@H](CCCCNC(=O)OCc1ccccc1)NC(=O)N[C@@H](CCCCN)C(=O)O)C(=O)NCCCc1ccccc1. The van der Waals surface area contributed by atoms with Gasteiger partial charge in [0.2, 0.25) is 11.8 Å². The maximum absolute atomic E-state index is 13.5. The van der Waals surface area contributed by atoms with Crippen molar-refractivity contribution in [2.24, 2.45) is 11.7 Å². The highest BCUT2D eigenvalue weighted by molar-refractivity contribution is 5.92. The summed E-state index contributed by atoms with van der Waals surface area (Å²) in [7, 11) is 0. The summed E-state index contributed by atoms with van der Waals surface area (Å²) >= 11 is 0. The van der Waals surface area contributed by atoms with Crippen LogP contribution in [0.5, 0.6) is 0 Å². The second-order valence-electron chi connectivity index (χ2n) is 11.9. The lowest BCUT2D eigenvalue weighted by Crippen LogP contribution is -2.57. The molecule has 0 heterocycles. The summed E-state index contributed by atoms with van der Waals surface area (Å²) in [5, 5.41) is 22.9. The van der Waals surface area contributed by atoms with Crippen molar-refractivity contribution in [1.82, 2.24) is 26.6 Å². The van der Waals surface area contributed by atoms with E-state index in [0.717, 1.165) is 24.0 Å². The van der Waals surface area contributed by atoms with E-state index in [0.29, 0.717) is 38.8 Å². The van der Waals surface area contributed by atoms with E-state index < -0.39 is 42.1 Å². The van der Waals surface area contributed by atoms with Gasteiger partial charge >= 0.3 is 18.1 Å². The highest BCUT2D eigenvalue weighted by Gasteiger charge is 2.29. The number of nitrogens with two attached hydrogens (primary N) is 1. The molecule has 48 heavy (non-hydrogen) atoms. The summed E-state index contributed by atoms with van der Waals surface area (Å²) in [5.41, 5.74) is 7.53. The number of benzene rings is 2. The molecule has 8 N–H and O–H groups in total. The van der Waals surface area contributed by atoms with Crippen LogP contribution in [0.2, 0.25) is 0 Å². The molecular weight excluding hydrogens is 616 g/mol. The van der Waals surface area contributed by atoms with Crippen LogP contribution >= 0.6 is 0 Å². The van der Waals surface area contributed by atoms with Gasteiger partial charge < -0.3 is 42.2 Å². The van der Waals surface area contributed by atoms with Crippen molar-refractivity contribution in [3.63, 3.8) is 0 Å². The minimum atomic E-state index is -1.20. The largest absolute Gasteiger partial charge is 0.480 e. The second-order valence-corrected chi connectivity index (χ2v) is 11.9. The Morgan fingerprint density at radius 2 is 1.29 bits per heavy atom. The smallest absolute Gasteiger partial charge is 0.407 e. The molecule has 2 aromatic carbocycles. The van der Waals surface area contributed by atoms with Crippen molar-refractivity contribution in [1.29, 1.82) is 0 Å². The molecule has 264 valence electrons. The topological polar surface area (TPSA) is 201 Å². The number of alkyl carbamates (subject to hydrolysis) is 1. The molecule has 0 spiro atoms. The number of ether oxygens (including phenoxy) is 1. The molecule has 0 aliphatic heterocycles. The first-order valence-electron chi connectivity index (χ1n) is 16.7. The minimum absolute atomic E-state index is 0.134. The maximum Gasteiger partial charge on any atom is 0.407 e. The van der Waals surface area contributed by atoms with Gasteiger partial charge in [-0.05, 0) is 75.0 Å². The number of amides is 5. The number of carboxylic acid groups (broad SMARTS) is 1. The van der Waals surface area contributed by atoms with E-state index in [1.807, 2.05) is 74.5 Å². The zero-order valence-electron chi connectivity index (χ0n) is 28.0. The highest BCUT2D eigenvalue weighted by atomic mass is 16.5. The highest BCUT2D eigenvalue weighted by Crippen LogP contribution is 2.08. The van der Waals surface area contributed by atoms with E-state index in [2.05, 4.69) is 26.6 Å². The molecule has 0 fully saturated rings. The molecular formula is C35H52N6O7. The number of carboxylic acids is 1. The van der Waals surface area contributed by atoms with Crippen molar-refractivity contribution in [3.8, 4) is 0 Å². The Kier molecular flexibility index (Phi) is 18.8. The average molecular weight is 669 g/mol. The van der Waals surface area contributed by atoms with E-state index in [-0.39, 0.29) is 37.8 Å². The first kappa shape index (κ1) is 39.5. The van der Waals surface area contributed by atoms with E-state index in [1.165, 1.54) is 0 Å². The van der Waals surface area contributed by atoms with Crippen LogP contribution in [0, 0.1) is 5.92 Å². The third kappa shape index (κ3) is 16.3. The van der Waals surface area contributed by atoms with E-state index in [4.69, 9.17) is 10.5 Å². The van der Waals surface area contributed by atoms with Crippen LogP contribution < -0.4 is 32.3 Å². The van der Waals surface area contributed by atoms with Crippen molar-refractivity contribution >= 4 is 29.9 Å². The van der Waals surface area contributed by atoms with Gasteiger partial charge in [0.05, 0.1) is 0 Å². The predicted molar refractivity (Wildman–Crippen MR) is 183 cm³/mol. The van der Waals surface area contributed by atoms with E-state index in [1.54, 1.807) is 0 Å². The third-order valence-electron chi connectivity index (χ3n) is 7.61. The lowest BCUT2D eigenvalue weighted by Gasteiger charge is -2.26. The van der Waals surface area contributed by atoms with Crippen LogP contribution in [0.25, 0.3) is 0 Å². The summed E-state index contributed by atoms with van der Waals surface area (Å²) in [6, 6.07) is 15.3. The molecule has 0 bridgehead atoms. The van der Waals surface area contributed by atoms with Gasteiger partial charge in [0.25, 0.3) is 0 Å². The molecule has 5 amide bonds. The number of hydrogen-bond acceptors (Lipinski definition) is 7. The molecule has 13 heteroatoms. The molecule has 2 rings (SSSR count). The molecule has 13 nitrogen and oxygen atoms in total. The summed E-state index contributed by atoms with van der Waals surface area (Å²) in [6.45, 7) is 4.86. The first-order valence-corrected chi connectivity index (χ1v) is 16.7. The molecule has 0 aliphatic carbocycles. The number of aliphatic carboxylic acids is 1. The second kappa shape index (κ2) is 22.8. The summed E-state index contributed by atoms with van der Waals surface area (Å²) < 4.78 is 5.21. The summed E-state index contributed by atoms with van der Waals surface area (Å²) in [4.78, 5) is 63.2. The van der Waals surface area contributed by atoms with Crippen LogP contribution in [0.15, 0.2) is 60.7 Å². The van der Waals surface area contributed by atoms with Crippen molar-refractivity contribution < 1.29 is 33.8 Å². The van der Waals surface area contributed by atoms with Gasteiger partial charge in [-0.25, -0.2) is 14.4 Å². The number of nitrogens with one attached hydrogen (secondary N) is 5. The standard InChI is InChI=1S/C35H52N6O7/c1-25(2)30(32(43)37-23-13-18-26-14-5-3-6-15-26)41-31(42)28(39-34(46)40-29(33(44)45)20-9-11-21-36)19-10-12-22-38-35(47)48-24-27-16-7-4-8-17-27/h3-8,14-17,25,28-30H,9-13,18-24,36H2,1-2H3,(H,37,43)(H,38,47)(H,41,42)(H,44,45)(H2,39,40,46)/t28-,29+,30+/m1/s1. The van der Waals surface area contributed by atoms with Crippen molar-refractivity contribution in [2.75, 3.05) is 19.6 Å². The molecule has 3 atom stereocenters. The molecule has 0 unspecified atom stereocenters. The third-order valence-corrected chi connectivity index (χ3v) is 7.61. The van der Waals surface area contributed by atoms with Gasteiger partial charge in [-0.2, -0.15) is 0 Å². The molecule has 0 saturated heterocycles. The Labute approximate surface area is 283 Å². The quantitative estimate of drug-likeness (QED) is 0.0927. The van der Waals surface area contributed by atoms with Crippen molar-refractivity contribution in [2.45, 2.75) is 89.9 Å². The van der Waals surface area contributed by atoms with Gasteiger partial charge in [0, 0.05) is 13.1 Å². The Balaban J connectivity index is 1.95. The summed E-state index contributed by atoms with van der Waals surface area (Å²) in [6.07, 6.45) is 3.32. The fourth-order valence-electron chi connectivity index (χ4n) is 4.86. The van der Waals surface area contributed by atoms with E-state index >= 15 is 0 Å². The zero-order valence-corrected chi connectivity index (χ0v) is 28.0. The first-order chi connectivity index (χ1) is 23.1. The molecule has 0 aliphatic rings. The normalized spacial score (nSPS) is 12.7. The molecule has 0 radical (unpaired) electrons. The monoisotopic (exact) mass is 668 g/mol. The van der Waals surface area contributed by atoms with Gasteiger partial charge in [0.1, 0.15) is 24.7 Å². The van der Waals surface area contributed by atoms with Gasteiger partial charge in [-0.3, -0.25) is 9.59 Å². The predicted octanol–water partition coefficient (Wildman–Crippen LogP) is 3.22. The molecule has 0 saturated carbocycles. The van der Waals surface area contributed by atoms with Crippen LogP contribution in [0.4, 0.5) is 9.59 Å². The number of carbonyl (C=O) groups is 5. The lowest BCUT2D eigenvalue weighted by atomic mass is 10.0. The number of rotatable bonds is 22. The lowest BCUT2D eigenvalue weighted by molar-refractivity contribution is -0.139. The molecule has 2 aromatic rings. The number of unbranched alkanes of at least 4 members (excludes halogenated alkanes) is 2. The van der Waals surface area contributed by atoms with Gasteiger partial charge in [0.15, 0.2) is 0 Å².